The van der Waals surface area contributed by atoms with Crippen LogP contribution in [0, 0.1) is 0 Å². The molecule has 2 aromatic heterocycles. The quantitative estimate of drug-likeness (QED) is 0.874. The summed E-state index contributed by atoms with van der Waals surface area (Å²) in [6.07, 6.45) is 10.3. The van der Waals surface area contributed by atoms with Crippen LogP contribution in [0.5, 0.6) is 0 Å². The fraction of sp³-hybridized carbons (Fsp3) is 0.667. The summed E-state index contributed by atoms with van der Waals surface area (Å²) in [6, 6.07) is 2.12. The number of aliphatic hydroxyl groups excluding tert-OH is 1. The van der Waals surface area contributed by atoms with Gasteiger partial charge < -0.3 is 5.11 Å². The molecule has 0 spiro atoms. The predicted molar refractivity (Wildman–Crippen MR) is 95.3 cm³/mol. The molecule has 130 valence electrons. The van der Waals surface area contributed by atoms with E-state index in [9.17, 15) is 0 Å². The van der Waals surface area contributed by atoms with Gasteiger partial charge in [-0.15, -0.1) is 11.3 Å². The van der Waals surface area contributed by atoms with Crippen molar-refractivity contribution in [2.45, 2.75) is 57.0 Å². The van der Waals surface area contributed by atoms with Crippen molar-refractivity contribution in [1.82, 2.24) is 19.7 Å². The highest BCUT2D eigenvalue weighted by atomic mass is 32.1. The SMILES string of the molecule is OCCn1nccc1C1CCN(Cc2cnc(C3CCC3)s2)CC1. The third-order valence-electron chi connectivity index (χ3n) is 5.47. The smallest absolute Gasteiger partial charge is 0.0959 e. The number of likely N-dealkylation sites (tertiary alicyclic amines) is 1. The molecule has 2 aliphatic rings. The van der Waals surface area contributed by atoms with Crippen molar-refractivity contribution >= 4 is 11.3 Å². The Morgan fingerprint density at radius 1 is 1.17 bits per heavy atom. The molecule has 6 heteroatoms. The van der Waals surface area contributed by atoms with E-state index < -0.39 is 0 Å². The largest absolute Gasteiger partial charge is 0.394 e. The summed E-state index contributed by atoms with van der Waals surface area (Å²) in [5.41, 5.74) is 1.29. The third-order valence-corrected chi connectivity index (χ3v) is 6.62. The molecule has 0 atom stereocenters. The summed E-state index contributed by atoms with van der Waals surface area (Å²) in [7, 11) is 0. The number of aromatic nitrogens is 3. The standard InChI is InChI=1S/C18H26N4OS/c23-11-10-22-17(4-7-20-22)14-5-8-21(9-6-14)13-16-12-19-18(24-16)15-2-1-3-15/h4,7,12,14-15,23H,1-3,5-6,8-11,13H2. The van der Waals surface area contributed by atoms with E-state index in [2.05, 4.69) is 27.2 Å². The maximum absolute atomic E-state index is 9.16. The van der Waals surface area contributed by atoms with Crippen LogP contribution in [0.3, 0.4) is 0 Å². The van der Waals surface area contributed by atoms with Crippen LogP contribution >= 0.6 is 11.3 Å². The van der Waals surface area contributed by atoms with E-state index in [-0.39, 0.29) is 6.61 Å². The summed E-state index contributed by atoms with van der Waals surface area (Å²) >= 11 is 1.92. The molecule has 0 aromatic carbocycles. The third kappa shape index (κ3) is 3.41. The second kappa shape index (κ2) is 7.33. The lowest BCUT2D eigenvalue weighted by atomic mass is 9.86. The Bertz CT molecular complexity index is 656. The van der Waals surface area contributed by atoms with E-state index >= 15 is 0 Å². The Kier molecular flexibility index (Phi) is 4.96. The number of thiazole rings is 1. The second-order valence-corrected chi connectivity index (χ2v) is 8.19. The molecule has 2 fully saturated rings. The topological polar surface area (TPSA) is 54.2 Å². The summed E-state index contributed by atoms with van der Waals surface area (Å²) in [5.74, 6) is 1.32. The van der Waals surface area contributed by atoms with Crippen LogP contribution in [-0.4, -0.2) is 44.5 Å². The molecule has 0 unspecified atom stereocenters. The summed E-state index contributed by atoms with van der Waals surface area (Å²) < 4.78 is 1.97. The Morgan fingerprint density at radius 2 is 2.00 bits per heavy atom. The van der Waals surface area contributed by atoms with Gasteiger partial charge in [-0.25, -0.2) is 4.98 Å². The molecule has 1 N–H and O–H groups in total. The lowest BCUT2D eigenvalue weighted by molar-refractivity contribution is 0.200. The van der Waals surface area contributed by atoms with Crippen LogP contribution in [0.1, 0.15) is 59.5 Å². The zero-order chi connectivity index (χ0) is 16.4. The first-order valence-corrected chi connectivity index (χ1v) is 9.94. The average Bonchev–Trinajstić information content (AvgIpc) is 3.17. The van der Waals surface area contributed by atoms with E-state index in [1.54, 1.807) is 0 Å². The number of hydrogen-bond donors (Lipinski definition) is 1. The Balaban J connectivity index is 1.31. The van der Waals surface area contributed by atoms with Crippen molar-refractivity contribution in [3.05, 3.63) is 34.0 Å². The van der Waals surface area contributed by atoms with Gasteiger partial charge >= 0.3 is 0 Å². The van der Waals surface area contributed by atoms with Crippen molar-refractivity contribution in [1.29, 1.82) is 0 Å². The summed E-state index contributed by atoms with van der Waals surface area (Å²) in [5, 5.41) is 14.9. The lowest BCUT2D eigenvalue weighted by Crippen LogP contribution is -2.33. The van der Waals surface area contributed by atoms with E-state index in [0.717, 1.165) is 25.6 Å². The van der Waals surface area contributed by atoms with Gasteiger partial charge in [0.15, 0.2) is 0 Å². The molecule has 0 radical (unpaired) electrons. The number of hydrogen-bond acceptors (Lipinski definition) is 5. The minimum atomic E-state index is 0.155. The maximum Gasteiger partial charge on any atom is 0.0959 e. The van der Waals surface area contributed by atoms with E-state index in [1.165, 1.54) is 47.7 Å². The first-order valence-electron chi connectivity index (χ1n) is 9.13. The van der Waals surface area contributed by atoms with Crippen LogP contribution in [-0.2, 0) is 13.1 Å². The van der Waals surface area contributed by atoms with Gasteiger partial charge in [0.2, 0.25) is 0 Å². The second-order valence-electron chi connectivity index (χ2n) is 7.05. The van der Waals surface area contributed by atoms with Gasteiger partial charge in [-0.05, 0) is 44.8 Å². The Morgan fingerprint density at radius 3 is 2.71 bits per heavy atom. The van der Waals surface area contributed by atoms with Gasteiger partial charge in [-0.3, -0.25) is 9.58 Å². The van der Waals surface area contributed by atoms with Crippen molar-refractivity contribution < 1.29 is 5.11 Å². The summed E-state index contributed by atoms with van der Waals surface area (Å²) in [6.45, 7) is 4.07. The van der Waals surface area contributed by atoms with Crippen molar-refractivity contribution in [2.75, 3.05) is 19.7 Å². The zero-order valence-electron chi connectivity index (χ0n) is 14.1. The maximum atomic E-state index is 9.16. The average molecular weight is 347 g/mol. The molecule has 0 bridgehead atoms. The molecule has 1 aliphatic carbocycles. The summed E-state index contributed by atoms with van der Waals surface area (Å²) in [4.78, 5) is 8.62. The first kappa shape index (κ1) is 16.2. The highest BCUT2D eigenvalue weighted by molar-refractivity contribution is 7.11. The molecular formula is C18H26N4OS. The number of aliphatic hydroxyl groups is 1. The van der Waals surface area contributed by atoms with Gasteiger partial charge in [0.25, 0.3) is 0 Å². The van der Waals surface area contributed by atoms with E-state index in [0.29, 0.717) is 12.5 Å². The van der Waals surface area contributed by atoms with Gasteiger partial charge in [0.1, 0.15) is 0 Å². The molecule has 3 heterocycles. The fourth-order valence-corrected chi connectivity index (χ4v) is 4.95. The molecule has 5 nitrogen and oxygen atoms in total. The molecule has 0 amide bonds. The number of nitrogens with zero attached hydrogens (tertiary/aromatic N) is 4. The van der Waals surface area contributed by atoms with Crippen LogP contribution in [0.2, 0.25) is 0 Å². The Hall–Kier alpha value is -1.24. The lowest BCUT2D eigenvalue weighted by Gasteiger charge is -2.31. The van der Waals surface area contributed by atoms with Crippen LogP contribution in [0.4, 0.5) is 0 Å². The molecule has 4 rings (SSSR count). The first-order chi connectivity index (χ1) is 11.8. The van der Waals surface area contributed by atoms with Gasteiger partial charge in [-0.2, -0.15) is 5.10 Å². The number of rotatable bonds is 6. The van der Waals surface area contributed by atoms with Crippen LogP contribution in [0.25, 0.3) is 0 Å². The highest BCUT2D eigenvalue weighted by Gasteiger charge is 2.25. The molecule has 2 aromatic rings. The normalized spacial score (nSPS) is 20.4. The van der Waals surface area contributed by atoms with Crippen LogP contribution < -0.4 is 0 Å². The van der Waals surface area contributed by atoms with Crippen molar-refractivity contribution in [3.63, 3.8) is 0 Å². The monoisotopic (exact) mass is 346 g/mol. The molecule has 24 heavy (non-hydrogen) atoms. The van der Waals surface area contributed by atoms with Crippen LogP contribution in [0.15, 0.2) is 18.5 Å². The van der Waals surface area contributed by atoms with Gasteiger partial charge in [0, 0.05) is 41.3 Å². The van der Waals surface area contributed by atoms with Crippen molar-refractivity contribution in [3.8, 4) is 0 Å². The minimum Gasteiger partial charge on any atom is -0.394 e. The minimum absolute atomic E-state index is 0.155. The molecule has 1 aliphatic heterocycles. The highest BCUT2D eigenvalue weighted by Crippen LogP contribution is 2.38. The molecule has 1 saturated heterocycles. The molecular weight excluding hydrogens is 320 g/mol. The predicted octanol–water partition coefficient (Wildman–Crippen LogP) is 2.98. The van der Waals surface area contributed by atoms with E-state index in [4.69, 9.17) is 5.11 Å². The zero-order valence-corrected chi connectivity index (χ0v) is 14.9. The fourth-order valence-electron chi connectivity index (χ4n) is 3.82. The van der Waals surface area contributed by atoms with Gasteiger partial charge in [-0.1, -0.05) is 6.42 Å². The van der Waals surface area contributed by atoms with Crippen molar-refractivity contribution in [2.24, 2.45) is 0 Å². The number of piperidine rings is 1. The van der Waals surface area contributed by atoms with Gasteiger partial charge in [0.05, 0.1) is 18.2 Å². The van der Waals surface area contributed by atoms with E-state index in [1.807, 2.05) is 22.2 Å². The molecule has 1 saturated carbocycles. The Labute approximate surface area is 147 Å².